The molecular formula is C16H19N. The zero-order chi connectivity index (χ0) is 12.5. The van der Waals surface area contributed by atoms with E-state index in [0.29, 0.717) is 0 Å². The molecular weight excluding hydrogens is 206 g/mol. The first-order valence-corrected chi connectivity index (χ1v) is 5.92. The van der Waals surface area contributed by atoms with Crippen molar-refractivity contribution in [2.45, 2.75) is 20.3 Å². The molecule has 1 aliphatic carbocycles. The van der Waals surface area contributed by atoms with Gasteiger partial charge in [-0.1, -0.05) is 51.3 Å². The molecule has 0 spiro atoms. The van der Waals surface area contributed by atoms with Gasteiger partial charge in [0, 0.05) is 23.2 Å². The third-order valence-corrected chi connectivity index (χ3v) is 3.19. The first-order chi connectivity index (χ1) is 8.05. The molecule has 1 N–H and O–H groups in total. The Morgan fingerprint density at radius 3 is 2.53 bits per heavy atom. The van der Waals surface area contributed by atoms with Gasteiger partial charge in [0.1, 0.15) is 0 Å². The normalized spacial score (nSPS) is 21.8. The molecule has 0 aromatic rings. The van der Waals surface area contributed by atoms with Crippen molar-refractivity contribution in [2.24, 2.45) is 5.41 Å². The van der Waals surface area contributed by atoms with Gasteiger partial charge in [0.05, 0.1) is 0 Å². The molecule has 1 aliphatic heterocycles. The predicted octanol–water partition coefficient (Wildman–Crippen LogP) is 4.01. The van der Waals surface area contributed by atoms with Crippen LogP contribution in [0.2, 0.25) is 0 Å². The number of allylic oxidation sites excluding steroid dienone is 8. The number of nitrogens with one attached hydrogen (secondary N) is 1. The van der Waals surface area contributed by atoms with E-state index in [9.17, 15) is 0 Å². The maximum Gasteiger partial charge on any atom is 0.0417 e. The summed E-state index contributed by atoms with van der Waals surface area (Å²) < 4.78 is 0. The maximum atomic E-state index is 3.86. The zero-order valence-electron chi connectivity index (χ0n) is 10.6. The maximum absolute atomic E-state index is 3.86. The fraction of sp³-hybridized carbons (Fsp3) is 0.250. The van der Waals surface area contributed by atoms with Gasteiger partial charge in [0.25, 0.3) is 0 Å². The Bertz CT molecular complexity index is 440. The van der Waals surface area contributed by atoms with Gasteiger partial charge < -0.3 is 5.32 Å². The van der Waals surface area contributed by atoms with E-state index in [0.717, 1.165) is 12.1 Å². The number of hydrogen-bond donors (Lipinski definition) is 1. The Balaban J connectivity index is 2.37. The lowest BCUT2D eigenvalue weighted by atomic mass is 9.93. The average molecular weight is 225 g/mol. The van der Waals surface area contributed by atoms with E-state index >= 15 is 0 Å². The molecule has 17 heavy (non-hydrogen) atoms. The van der Waals surface area contributed by atoms with Gasteiger partial charge in [0.15, 0.2) is 0 Å². The lowest BCUT2D eigenvalue weighted by Crippen LogP contribution is -2.18. The molecule has 0 radical (unpaired) electrons. The monoisotopic (exact) mass is 225 g/mol. The second-order valence-corrected chi connectivity index (χ2v) is 5.08. The number of dihydropyridines is 1. The summed E-state index contributed by atoms with van der Waals surface area (Å²) >= 11 is 0. The highest BCUT2D eigenvalue weighted by molar-refractivity contribution is 5.49. The highest BCUT2D eigenvalue weighted by Crippen LogP contribution is 2.31. The summed E-state index contributed by atoms with van der Waals surface area (Å²) in [5, 5.41) is 3.42. The Morgan fingerprint density at radius 2 is 1.88 bits per heavy atom. The molecule has 0 bridgehead atoms. The van der Waals surface area contributed by atoms with E-state index in [4.69, 9.17) is 0 Å². The van der Waals surface area contributed by atoms with Crippen LogP contribution in [0.5, 0.6) is 0 Å². The van der Waals surface area contributed by atoms with Crippen LogP contribution in [-0.4, -0.2) is 0 Å². The van der Waals surface area contributed by atoms with Crippen LogP contribution < -0.4 is 5.32 Å². The lowest BCUT2D eigenvalue weighted by Gasteiger charge is -2.21. The van der Waals surface area contributed by atoms with E-state index in [1.54, 1.807) is 0 Å². The van der Waals surface area contributed by atoms with Gasteiger partial charge in [-0.2, -0.15) is 0 Å². The fourth-order valence-electron chi connectivity index (χ4n) is 2.03. The minimum Gasteiger partial charge on any atom is -0.355 e. The van der Waals surface area contributed by atoms with Gasteiger partial charge in [-0.15, -0.1) is 0 Å². The third kappa shape index (κ3) is 2.33. The molecule has 0 amide bonds. The van der Waals surface area contributed by atoms with E-state index < -0.39 is 0 Å². The molecule has 0 unspecified atom stereocenters. The second kappa shape index (κ2) is 4.25. The number of hydrogen-bond acceptors (Lipinski definition) is 1. The highest BCUT2D eigenvalue weighted by atomic mass is 14.9. The fourth-order valence-corrected chi connectivity index (χ4v) is 2.03. The summed E-state index contributed by atoms with van der Waals surface area (Å²) in [6.45, 7) is 12.1. The second-order valence-electron chi connectivity index (χ2n) is 5.08. The summed E-state index contributed by atoms with van der Waals surface area (Å²) in [6.07, 6.45) is 13.5. The van der Waals surface area contributed by atoms with Crippen molar-refractivity contribution in [1.82, 2.24) is 5.32 Å². The standard InChI is InChI=1S/C16H19N/c1-5-12-11-13-7-9-16(3,4)10-8-15(13)17-14(12)6-2/h5-10,17H,1-2,11H2,3-4H3. The van der Waals surface area contributed by atoms with Crippen molar-refractivity contribution in [1.29, 1.82) is 0 Å². The summed E-state index contributed by atoms with van der Waals surface area (Å²) in [7, 11) is 0. The predicted molar refractivity (Wildman–Crippen MR) is 74.3 cm³/mol. The van der Waals surface area contributed by atoms with E-state index in [-0.39, 0.29) is 5.41 Å². The quantitative estimate of drug-likeness (QED) is 0.748. The van der Waals surface area contributed by atoms with Crippen molar-refractivity contribution in [3.05, 3.63) is 72.2 Å². The Morgan fingerprint density at radius 1 is 1.18 bits per heavy atom. The average Bonchev–Trinajstić information content (AvgIpc) is 2.47. The minimum atomic E-state index is 0.113. The first kappa shape index (κ1) is 11.7. The van der Waals surface area contributed by atoms with Gasteiger partial charge in [0.2, 0.25) is 0 Å². The van der Waals surface area contributed by atoms with Crippen molar-refractivity contribution in [3.8, 4) is 0 Å². The molecule has 2 rings (SSSR count). The smallest absolute Gasteiger partial charge is 0.0417 e. The molecule has 0 fully saturated rings. The van der Waals surface area contributed by atoms with E-state index in [1.807, 2.05) is 12.2 Å². The van der Waals surface area contributed by atoms with E-state index in [1.165, 1.54) is 16.8 Å². The minimum absolute atomic E-state index is 0.113. The summed E-state index contributed by atoms with van der Waals surface area (Å²) in [4.78, 5) is 0. The van der Waals surface area contributed by atoms with Crippen LogP contribution in [0.1, 0.15) is 20.3 Å². The molecule has 0 aromatic heterocycles. The van der Waals surface area contributed by atoms with Crippen molar-refractivity contribution >= 4 is 0 Å². The SMILES string of the molecule is C=CC1=C(C=C)NC2=C(C=CC(C)(C)C=C2)C1. The topological polar surface area (TPSA) is 12.0 Å². The Kier molecular flexibility index (Phi) is 2.93. The molecule has 0 saturated carbocycles. The summed E-state index contributed by atoms with van der Waals surface area (Å²) in [5.41, 5.74) is 4.87. The zero-order valence-corrected chi connectivity index (χ0v) is 10.6. The van der Waals surface area contributed by atoms with Gasteiger partial charge in [-0.25, -0.2) is 0 Å². The molecule has 0 atom stereocenters. The highest BCUT2D eigenvalue weighted by Gasteiger charge is 2.18. The van der Waals surface area contributed by atoms with Crippen molar-refractivity contribution < 1.29 is 0 Å². The first-order valence-electron chi connectivity index (χ1n) is 5.92. The lowest BCUT2D eigenvalue weighted by molar-refractivity contribution is 0.626. The summed E-state index contributed by atoms with van der Waals surface area (Å²) in [6, 6.07) is 0. The largest absolute Gasteiger partial charge is 0.355 e. The van der Waals surface area contributed by atoms with Crippen LogP contribution in [0.3, 0.4) is 0 Å². The van der Waals surface area contributed by atoms with Crippen LogP contribution >= 0.6 is 0 Å². The van der Waals surface area contributed by atoms with Crippen LogP contribution in [-0.2, 0) is 0 Å². The van der Waals surface area contributed by atoms with Crippen molar-refractivity contribution in [2.75, 3.05) is 0 Å². The van der Waals surface area contributed by atoms with Crippen LogP contribution in [0.4, 0.5) is 0 Å². The molecule has 1 heteroatoms. The molecule has 1 heterocycles. The molecule has 2 aliphatic rings. The van der Waals surface area contributed by atoms with Crippen LogP contribution in [0, 0.1) is 5.41 Å². The molecule has 88 valence electrons. The third-order valence-electron chi connectivity index (χ3n) is 3.19. The van der Waals surface area contributed by atoms with Crippen molar-refractivity contribution in [3.63, 3.8) is 0 Å². The van der Waals surface area contributed by atoms with Gasteiger partial charge >= 0.3 is 0 Å². The Hall–Kier alpha value is -1.76. The van der Waals surface area contributed by atoms with Crippen LogP contribution in [0.25, 0.3) is 0 Å². The molecule has 0 saturated heterocycles. The summed E-state index contributed by atoms with van der Waals surface area (Å²) in [5.74, 6) is 0. The van der Waals surface area contributed by atoms with Gasteiger partial charge in [-0.05, 0) is 23.3 Å². The molecule has 0 aromatic carbocycles. The van der Waals surface area contributed by atoms with Crippen LogP contribution in [0.15, 0.2) is 72.2 Å². The number of rotatable bonds is 2. The molecule has 1 nitrogen and oxygen atoms in total. The van der Waals surface area contributed by atoms with E-state index in [2.05, 4.69) is 56.6 Å². The van der Waals surface area contributed by atoms with Gasteiger partial charge in [-0.3, -0.25) is 0 Å². The Labute approximate surface area is 104 Å².